The van der Waals surface area contributed by atoms with Crippen LogP contribution in [0.2, 0.25) is 5.02 Å². The first-order chi connectivity index (χ1) is 16.1. The number of fused-ring (bicyclic) bond motifs is 1. The van der Waals surface area contributed by atoms with Gasteiger partial charge < -0.3 is 14.6 Å². The lowest BCUT2D eigenvalue weighted by Gasteiger charge is -2.31. The average Bonchev–Trinajstić information content (AvgIpc) is 3.21. The smallest absolute Gasteiger partial charge is 0.236 e. The summed E-state index contributed by atoms with van der Waals surface area (Å²) in [5.41, 5.74) is 2.44. The van der Waals surface area contributed by atoms with Crippen molar-refractivity contribution in [2.45, 2.75) is 24.2 Å². The zero-order valence-corrected chi connectivity index (χ0v) is 20.6. The number of rotatable bonds is 11. The number of halogens is 1. The fourth-order valence-electron chi connectivity index (χ4n) is 3.92. The van der Waals surface area contributed by atoms with E-state index in [1.807, 2.05) is 37.4 Å². The number of nitrogens with zero attached hydrogens (tertiary/aromatic N) is 2. The van der Waals surface area contributed by atoms with Crippen molar-refractivity contribution in [2.75, 3.05) is 46.4 Å². The number of amides is 1. The van der Waals surface area contributed by atoms with Crippen LogP contribution in [-0.4, -0.2) is 67.1 Å². The van der Waals surface area contributed by atoms with Gasteiger partial charge in [0.15, 0.2) is 0 Å². The minimum absolute atomic E-state index is 0.201. The molecule has 1 fully saturated rings. The largest absolute Gasteiger partial charge is 0.494 e. The Morgan fingerprint density at radius 2 is 2.00 bits per heavy atom. The van der Waals surface area contributed by atoms with E-state index in [0.717, 1.165) is 66.6 Å². The maximum absolute atomic E-state index is 11.8. The van der Waals surface area contributed by atoms with Crippen LogP contribution in [0.15, 0.2) is 53.6 Å². The quantitative estimate of drug-likeness (QED) is 0.306. The van der Waals surface area contributed by atoms with Gasteiger partial charge in [-0.25, -0.2) is 0 Å². The molecule has 6 nitrogen and oxygen atoms in total. The van der Waals surface area contributed by atoms with Gasteiger partial charge in [-0.3, -0.25) is 14.4 Å². The number of hydrogen-bond acceptors (Lipinski definition) is 5. The van der Waals surface area contributed by atoms with Crippen LogP contribution in [0.3, 0.4) is 0 Å². The van der Waals surface area contributed by atoms with E-state index < -0.39 is 0 Å². The number of hydrogen-bond donors (Lipinski definition) is 2. The molecule has 4 rings (SSSR count). The third-order valence-corrected chi connectivity index (χ3v) is 6.98. The Labute approximate surface area is 204 Å². The Hall–Kier alpha value is -2.19. The summed E-state index contributed by atoms with van der Waals surface area (Å²) in [6.07, 6.45) is 5.05. The first-order valence-corrected chi connectivity index (χ1v) is 12.6. The zero-order valence-electron chi connectivity index (χ0n) is 19.0. The van der Waals surface area contributed by atoms with Gasteiger partial charge in [-0.2, -0.15) is 0 Å². The molecule has 2 heterocycles. The lowest BCUT2D eigenvalue weighted by Crippen LogP contribution is -2.48. The molecule has 0 atom stereocenters. The van der Waals surface area contributed by atoms with Crippen molar-refractivity contribution >= 4 is 40.4 Å². The Bertz CT molecular complexity index is 1060. The summed E-state index contributed by atoms with van der Waals surface area (Å²) in [6, 6.07) is 14.1. The van der Waals surface area contributed by atoms with Gasteiger partial charge in [-0.1, -0.05) is 11.6 Å². The molecule has 1 saturated heterocycles. The highest BCUT2D eigenvalue weighted by atomic mass is 35.5. The molecule has 0 spiro atoms. The molecular formula is C25H31ClN4O2S. The Morgan fingerprint density at radius 1 is 1.15 bits per heavy atom. The highest BCUT2D eigenvalue weighted by molar-refractivity contribution is 7.97. The Balaban J connectivity index is 1.10. The van der Waals surface area contributed by atoms with Gasteiger partial charge in [0.25, 0.3) is 0 Å². The number of likely N-dealkylation sites (N-methyl/N-ethyl adjacent to an activating group) is 1. The fraction of sp³-hybridized carbons (Fsp3) is 0.400. The predicted octanol–water partition coefficient (Wildman–Crippen LogP) is 4.59. The van der Waals surface area contributed by atoms with E-state index in [2.05, 4.69) is 32.9 Å². The number of carbonyl (C=O) groups excluding carboxylic acids is 1. The monoisotopic (exact) mass is 486 g/mol. The van der Waals surface area contributed by atoms with Crippen molar-refractivity contribution in [2.24, 2.45) is 0 Å². The summed E-state index contributed by atoms with van der Waals surface area (Å²) in [5, 5.41) is 1.98. The van der Waals surface area contributed by atoms with E-state index in [-0.39, 0.29) is 5.91 Å². The number of ether oxygens (including phenoxy) is 1. The van der Waals surface area contributed by atoms with Crippen LogP contribution in [0.5, 0.6) is 5.75 Å². The summed E-state index contributed by atoms with van der Waals surface area (Å²) >= 11 is 7.78. The molecule has 176 valence electrons. The number of aromatic amines is 1. The van der Waals surface area contributed by atoms with E-state index in [0.29, 0.717) is 13.2 Å². The van der Waals surface area contributed by atoms with E-state index in [4.69, 9.17) is 16.3 Å². The first-order valence-electron chi connectivity index (χ1n) is 11.4. The summed E-state index contributed by atoms with van der Waals surface area (Å²) in [4.78, 5) is 20.2. The number of nitrogens with one attached hydrogen (secondary N) is 2. The molecule has 0 aliphatic carbocycles. The molecule has 0 saturated carbocycles. The second kappa shape index (κ2) is 11.8. The summed E-state index contributed by atoms with van der Waals surface area (Å²) in [7, 11) is 1.86. The molecule has 1 aliphatic rings. The minimum atomic E-state index is 0.201. The van der Waals surface area contributed by atoms with Crippen LogP contribution in [0.1, 0.15) is 18.4 Å². The zero-order chi connectivity index (χ0) is 23.0. The molecule has 1 amide bonds. The standard InChI is InChI=1S/C25H31ClN4O2S/c1-29-13-14-30(18-25(29)31)12-3-15-32-21-6-8-22(9-7-21)33-28-11-2-4-19-17-27-24-10-5-20(26)16-23(19)24/h5-10,16-17,27-28H,2-4,11-15,18H2,1H3. The van der Waals surface area contributed by atoms with Crippen molar-refractivity contribution in [1.82, 2.24) is 19.5 Å². The number of benzene rings is 2. The van der Waals surface area contributed by atoms with Crippen molar-refractivity contribution in [1.29, 1.82) is 0 Å². The highest BCUT2D eigenvalue weighted by Crippen LogP contribution is 2.24. The Morgan fingerprint density at radius 3 is 2.82 bits per heavy atom. The summed E-state index contributed by atoms with van der Waals surface area (Å²) in [5.74, 6) is 1.08. The van der Waals surface area contributed by atoms with Crippen LogP contribution in [-0.2, 0) is 11.2 Å². The topological polar surface area (TPSA) is 60.6 Å². The number of H-pyrrole nitrogens is 1. The molecule has 1 aromatic heterocycles. The first kappa shape index (κ1) is 24.0. The third-order valence-electron chi connectivity index (χ3n) is 5.89. The normalized spacial score (nSPS) is 14.8. The van der Waals surface area contributed by atoms with Gasteiger partial charge in [0, 0.05) is 60.2 Å². The van der Waals surface area contributed by atoms with Gasteiger partial charge in [0.1, 0.15) is 5.75 Å². The van der Waals surface area contributed by atoms with E-state index in [1.54, 1.807) is 16.8 Å². The maximum atomic E-state index is 11.8. The van der Waals surface area contributed by atoms with Crippen LogP contribution in [0, 0.1) is 0 Å². The molecule has 0 unspecified atom stereocenters. The molecule has 33 heavy (non-hydrogen) atoms. The molecule has 2 aromatic carbocycles. The number of aryl methyl sites for hydroxylation is 1. The van der Waals surface area contributed by atoms with Gasteiger partial charge in [-0.15, -0.1) is 0 Å². The molecule has 0 radical (unpaired) electrons. The second-order valence-electron chi connectivity index (χ2n) is 8.37. The number of aromatic nitrogens is 1. The molecule has 8 heteroatoms. The highest BCUT2D eigenvalue weighted by Gasteiger charge is 2.20. The number of piperazine rings is 1. The van der Waals surface area contributed by atoms with Gasteiger partial charge in [-0.05, 0) is 79.2 Å². The molecular weight excluding hydrogens is 456 g/mol. The lowest BCUT2D eigenvalue weighted by molar-refractivity contribution is -0.134. The minimum Gasteiger partial charge on any atom is -0.494 e. The maximum Gasteiger partial charge on any atom is 0.236 e. The fourth-order valence-corrected chi connectivity index (χ4v) is 4.78. The predicted molar refractivity (Wildman–Crippen MR) is 136 cm³/mol. The van der Waals surface area contributed by atoms with Crippen LogP contribution in [0.4, 0.5) is 0 Å². The lowest BCUT2D eigenvalue weighted by atomic mass is 10.1. The second-order valence-corrected chi connectivity index (χ2v) is 9.77. The van der Waals surface area contributed by atoms with Crippen LogP contribution in [0.25, 0.3) is 10.9 Å². The molecule has 1 aliphatic heterocycles. The van der Waals surface area contributed by atoms with E-state index >= 15 is 0 Å². The third kappa shape index (κ3) is 6.90. The van der Waals surface area contributed by atoms with Crippen LogP contribution < -0.4 is 9.46 Å². The summed E-state index contributed by atoms with van der Waals surface area (Å²) in [6.45, 7) is 4.74. The summed E-state index contributed by atoms with van der Waals surface area (Å²) < 4.78 is 9.31. The van der Waals surface area contributed by atoms with E-state index in [1.165, 1.54) is 10.9 Å². The van der Waals surface area contributed by atoms with Gasteiger partial charge >= 0.3 is 0 Å². The molecule has 2 N–H and O–H groups in total. The number of carbonyl (C=O) groups is 1. The van der Waals surface area contributed by atoms with Crippen LogP contribution >= 0.6 is 23.5 Å². The van der Waals surface area contributed by atoms with Crippen molar-refractivity contribution in [3.05, 3.63) is 59.2 Å². The SMILES string of the molecule is CN1CCN(CCCOc2ccc(SNCCCc3c[nH]c4ccc(Cl)cc34)cc2)CC1=O. The van der Waals surface area contributed by atoms with Gasteiger partial charge in [0.05, 0.1) is 13.2 Å². The van der Waals surface area contributed by atoms with Crippen molar-refractivity contribution in [3.63, 3.8) is 0 Å². The molecule has 0 bridgehead atoms. The average molecular weight is 487 g/mol. The van der Waals surface area contributed by atoms with Crippen molar-refractivity contribution < 1.29 is 9.53 Å². The van der Waals surface area contributed by atoms with E-state index in [9.17, 15) is 4.79 Å². The van der Waals surface area contributed by atoms with Gasteiger partial charge in [0.2, 0.25) is 5.91 Å². The Kier molecular flexibility index (Phi) is 8.56. The van der Waals surface area contributed by atoms with Crippen molar-refractivity contribution in [3.8, 4) is 5.75 Å². The molecule has 3 aromatic rings.